The summed E-state index contributed by atoms with van der Waals surface area (Å²) in [5.74, 6) is 0.673. The van der Waals surface area contributed by atoms with E-state index >= 15 is 0 Å². The van der Waals surface area contributed by atoms with E-state index in [-0.39, 0.29) is 17.4 Å². The molecule has 0 bridgehead atoms. The molecule has 17 heavy (non-hydrogen) atoms. The number of aromatic nitrogens is 4. The van der Waals surface area contributed by atoms with Gasteiger partial charge in [-0.1, -0.05) is 0 Å². The second-order valence-electron chi connectivity index (χ2n) is 4.20. The van der Waals surface area contributed by atoms with Crippen LogP contribution in [0.25, 0.3) is 5.82 Å². The second kappa shape index (κ2) is 4.04. The van der Waals surface area contributed by atoms with Gasteiger partial charge in [-0.3, -0.25) is 4.79 Å². The molecule has 6 nitrogen and oxygen atoms in total. The molecule has 0 saturated carbocycles. The Hall–Kier alpha value is -2.11. The van der Waals surface area contributed by atoms with Crippen LogP contribution in [0.5, 0.6) is 0 Å². The fourth-order valence-electron chi connectivity index (χ4n) is 1.56. The first-order valence-electron chi connectivity index (χ1n) is 5.40. The highest BCUT2D eigenvalue weighted by Crippen LogP contribution is 2.09. The number of nitrogen functional groups attached to an aromatic ring is 1. The van der Waals surface area contributed by atoms with E-state index in [1.807, 2.05) is 20.8 Å². The Balaban J connectivity index is 2.60. The van der Waals surface area contributed by atoms with E-state index in [0.29, 0.717) is 5.82 Å². The lowest BCUT2D eigenvalue weighted by atomic mass is 10.4. The Morgan fingerprint density at radius 3 is 2.65 bits per heavy atom. The average Bonchev–Trinajstić information content (AvgIpc) is 2.59. The van der Waals surface area contributed by atoms with Crippen LogP contribution in [0.4, 0.5) is 5.82 Å². The Morgan fingerprint density at radius 2 is 2.12 bits per heavy atom. The standard InChI is InChI=1S/C11H15N5O/c1-7(2)15-5-4-13-10(11(15)17)16-6-8(3)9(12)14-16/h4-7H,1-3H3,(H2,12,14). The van der Waals surface area contributed by atoms with Crippen LogP contribution in [0.3, 0.4) is 0 Å². The van der Waals surface area contributed by atoms with Gasteiger partial charge in [-0.25, -0.2) is 9.67 Å². The van der Waals surface area contributed by atoms with Gasteiger partial charge < -0.3 is 10.3 Å². The predicted molar refractivity (Wildman–Crippen MR) is 65.2 cm³/mol. The van der Waals surface area contributed by atoms with Crippen molar-refractivity contribution in [3.63, 3.8) is 0 Å². The summed E-state index contributed by atoms with van der Waals surface area (Å²) < 4.78 is 3.03. The molecule has 2 aromatic rings. The molecule has 90 valence electrons. The van der Waals surface area contributed by atoms with Gasteiger partial charge in [0.05, 0.1) is 0 Å². The molecule has 0 amide bonds. The summed E-state index contributed by atoms with van der Waals surface area (Å²) in [4.78, 5) is 16.2. The Kier molecular flexibility index (Phi) is 2.71. The van der Waals surface area contributed by atoms with Gasteiger partial charge in [0.25, 0.3) is 5.56 Å². The van der Waals surface area contributed by atoms with Crippen LogP contribution in [-0.4, -0.2) is 19.3 Å². The highest BCUT2D eigenvalue weighted by atomic mass is 16.1. The van der Waals surface area contributed by atoms with Crippen LogP contribution < -0.4 is 11.3 Å². The quantitative estimate of drug-likeness (QED) is 0.835. The maximum Gasteiger partial charge on any atom is 0.295 e. The second-order valence-corrected chi connectivity index (χ2v) is 4.20. The van der Waals surface area contributed by atoms with Gasteiger partial charge in [0.1, 0.15) is 5.82 Å². The van der Waals surface area contributed by atoms with Crippen molar-refractivity contribution >= 4 is 5.82 Å². The first kappa shape index (κ1) is 11.4. The molecule has 0 aliphatic carbocycles. The first-order valence-corrected chi connectivity index (χ1v) is 5.40. The van der Waals surface area contributed by atoms with Gasteiger partial charge in [0.15, 0.2) is 0 Å². The Bertz CT molecular complexity index is 577. The molecule has 0 saturated heterocycles. The van der Waals surface area contributed by atoms with Crippen LogP contribution in [-0.2, 0) is 0 Å². The maximum atomic E-state index is 12.1. The Labute approximate surface area is 98.7 Å². The molecule has 2 rings (SSSR count). The van der Waals surface area contributed by atoms with Gasteiger partial charge in [-0.15, -0.1) is 5.10 Å². The fourth-order valence-corrected chi connectivity index (χ4v) is 1.56. The van der Waals surface area contributed by atoms with Gasteiger partial charge in [-0.05, 0) is 20.8 Å². The van der Waals surface area contributed by atoms with Crippen LogP contribution in [0.15, 0.2) is 23.4 Å². The number of hydrogen-bond donors (Lipinski definition) is 1. The molecule has 2 heterocycles. The molecule has 0 aromatic carbocycles. The minimum absolute atomic E-state index is 0.0817. The van der Waals surface area contributed by atoms with Crippen molar-refractivity contribution < 1.29 is 0 Å². The van der Waals surface area contributed by atoms with E-state index in [9.17, 15) is 4.79 Å². The van der Waals surface area contributed by atoms with E-state index in [1.54, 1.807) is 23.2 Å². The number of hydrogen-bond acceptors (Lipinski definition) is 4. The zero-order chi connectivity index (χ0) is 12.6. The third-order valence-electron chi connectivity index (χ3n) is 2.56. The lowest BCUT2D eigenvalue weighted by Gasteiger charge is -2.10. The molecule has 0 radical (unpaired) electrons. The van der Waals surface area contributed by atoms with Crippen molar-refractivity contribution in [2.45, 2.75) is 26.8 Å². The molecule has 2 aromatic heterocycles. The molecule has 0 fully saturated rings. The summed E-state index contributed by atoms with van der Waals surface area (Å²) in [6, 6.07) is 0.0817. The average molecular weight is 233 g/mol. The zero-order valence-corrected chi connectivity index (χ0v) is 10.1. The molecule has 0 aliphatic rings. The lowest BCUT2D eigenvalue weighted by molar-refractivity contribution is 0.567. The van der Waals surface area contributed by atoms with Crippen molar-refractivity contribution in [1.82, 2.24) is 19.3 Å². The molecule has 0 aliphatic heterocycles. The number of anilines is 1. The van der Waals surface area contributed by atoms with Gasteiger partial charge >= 0.3 is 0 Å². The minimum Gasteiger partial charge on any atom is -0.382 e. The van der Waals surface area contributed by atoms with Gasteiger partial charge in [-0.2, -0.15) is 0 Å². The fraction of sp³-hybridized carbons (Fsp3) is 0.364. The number of rotatable bonds is 2. The topological polar surface area (TPSA) is 78.7 Å². The third-order valence-corrected chi connectivity index (χ3v) is 2.56. The monoisotopic (exact) mass is 233 g/mol. The van der Waals surface area contributed by atoms with Gasteiger partial charge in [0, 0.05) is 30.2 Å². The van der Waals surface area contributed by atoms with E-state index in [1.165, 1.54) is 4.68 Å². The summed E-state index contributed by atoms with van der Waals surface area (Å²) in [5, 5.41) is 4.06. The molecule has 6 heteroatoms. The summed E-state index contributed by atoms with van der Waals surface area (Å²) in [6.07, 6.45) is 4.95. The summed E-state index contributed by atoms with van der Waals surface area (Å²) in [7, 11) is 0. The summed E-state index contributed by atoms with van der Waals surface area (Å²) in [5.41, 5.74) is 6.31. The van der Waals surface area contributed by atoms with Crippen LogP contribution in [0, 0.1) is 6.92 Å². The number of nitrogens with two attached hydrogens (primary N) is 1. The van der Waals surface area contributed by atoms with Crippen molar-refractivity contribution in [3.8, 4) is 5.82 Å². The van der Waals surface area contributed by atoms with E-state index in [4.69, 9.17) is 5.73 Å². The highest BCUT2D eigenvalue weighted by Gasteiger charge is 2.11. The first-order chi connectivity index (χ1) is 8.00. The minimum atomic E-state index is -0.176. The lowest BCUT2D eigenvalue weighted by Crippen LogP contribution is -2.26. The van der Waals surface area contributed by atoms with Crippen LogP contribution in [0.2, 0.25) is 0 Å². The van der Waals surface area contributed by atoms with E-state index < -0.39 is 0 Å². The normalized spacial score (nSPS) is 11.1. The summed E-state index contributed by atoms with van der Waals surface area (Å²) in [6.45, 7) is 5.71. The van der Waals surface area contributed by atoms with Crippen molar-refractivity contribution in [3.05, 3.63) is 34.5 Å². The van der Waals surface area contributed by atoms with Crippen LogP contribution >= 0.6 is 0 Å². The maximum absolute atomic E-state index is 12.1. The summed E-state index contributed by atoms with van der Waals surface area (Å²) >= 11 is 0. The largest absolute Gasteiger partial charge is 0.382 e. The number of aryl methyl sites for hydroxylation is 1. The molecular formula is C11H15N5O. The molecule has 0 atom stereocenters. The SMILES string of the molecule is Cc1cn(-c2nccn(C(C)C)c2=O)nc1N. The molecular weight excluding hydrogens is 218 g/mol. The molecule has 0 spiro atoms. The van der Waals surface area contributed by atoms with Crippen LogP contribution in [0.1, 0.15) is 25.5 Å². The van der Waals surface area contributed by atoms with Crippen molar-refractivity contribution in [2.75, 3.05) is 5.73 Å². The van der Waals surface area contributed by atoms with Gasteiger partial charge in [0.2, 0.25) is 5.82 Å². The zero-order valence-electron chi connectivity index (χ0n) is 10.1. The Morgan fingerprint density at radius 1 is 1.41 bits per heavy atom. The molecule has 2 N–H and O–H groups in total. The highest BCUT2D eigenvalue weighted by molar-refractivity contribution is 5.38. The predicted octanol–water partition coefficient (Wildman–Crippen LogP) is 0.901. The molecule has 0 unspecified atom stereocenters. The third kappa shape index (κ3) is 1.93. The van der Waals surface area contributed by atoms with Crippen molar-refractivity contribution in [2.24, 2.45) is 0 Å². The smallest absolute Gasteiger partial charge is 0.295 e. The van der Waals surface area contributed by atoms with E-state index in [0.717, 1.165) is 5.56 Å². The number of nitrogens with zero attached hydrogens (tertiary/aromatic N) is 4. The van der Waals surface area contributed by atoms with E-state index in [2.05, 4.69) is 10.1 Å². The van der Waals surface area contributed by atoms with Crippen molar-refractivity contribution in [1.29, 1.82) is 0 Å².